The number of hydrogen-bond acceptors (Lipinski definition) is 2. The van der Waals surface area contributed by atoms with Crippen molar-refractivity contribution in [3.05, 3.63) is 100 Å². The number of nitrogens with zero attached hydrogens (tertiary/aromatic N) is 1. The minimum absolute atomic E-state index is 0.215. The topological polar surface area (TPSA) is 12.4 Å². The van der Waals surface area contributed by atoms with Crippen LogP contribution < -0.4 is 0 Å². The van der Waals surface area contributed by atoms with Gasteiger partial charge in [-0.15, -0.1) is 0 Å². The second-order valence-corrected chi connectivity index (χ2v) is 7.60. The van der Waals surface area contributed by atoms with E-state index in [1.807, 2.05) is 29.4 Å². The van der Waals surface area contributed by atoms with E-state index in [9.17, 15) is 8.78 Å². The Morgan fingerprint density at radius 2 is 1.19 bits per heavy atom. The van der Waals surface area contributed by atoms with Crippen molar-refractivity contribution in [2.45, 2.75) is 19.3 Å². The summed E-state index contributed by atoms with van der Waals surface area (Å²) in [5.74, 6) is 11.2. The molecule has 0 atom stereocenters. The maximum atomic E-state index is 13.9. The zero-order chi connectivity index (χ0) is 21.6. The lowest BCUT2D eigenvalue weighted by Gasteiger charge is -1.99. The van der Waals surface area contributed by atoms with Crippen LogP contribution in [0.1, 0.15) is 40.7 Å². The third-order valence-electron chi connectivity index (χ3n) is 4.94. The number of rotatable bonds is 3. The maximum absolute atomic E-state index is 13.9. The van der Waals surface area contributed by atoms with Gasteiger partial charge in [0.25, 0.3) is 0 Å². The molecule has 3 aromatic carbocycles. The Kier molecular flexibility index (Phi) is 6.34. The van der Waals surface area contributed by atoms with Crippen molar-refractivity contribution in [1.82, 2.24) is 0 Å². The number of benzene rings is 3. The zero-order valence-electron chi connectivity index (χ0n) is 16.6. The van der Waals surface area contributed by atoms with E-state index in [1.54, 1.807) is 0 Å². The molecule has 150 valence electrons. The number of hydrogen-bond donors (Lipinski definition) is 0. The second kappa shape index (κ2) is 9.50. The third kappa shape index (κ3) is 5.74. The van der Waals surface area contributed by atoms with Crippen LogP contribution in [0.15, 0.2) is 65.7 Å². The van der Waals surface area contributed by atoms with Crippen molar-refractivity contribution in [2.75, 3.05) is 0 Å². The molecule has 3 aromatic rings. The molecule has 0 aromatic heterocycles. The molecule has 1 aliphatic carbocycles. The average molecular weight is 426 g/mol. The number of isothiocyanates is 1. The molecule has 1 saturated carbocycles. The Labute approximate surface area is 185 Å². The summed E-state index contributed by atoms with van der Waals surface area (Å²) < 4.78 is 27.8. The van der Waals surface area contributed by atoms with E-state index in [-0.39, 0.29) is 5.56 Å². The SMILES string of the molecule is Fc1cc(C#Cc2ccc(C#Cc3ccc(CC4CC4)cc3)cc2)cc(F)c1N=C=S. The van der Waals surface area contributed by atoms with Crippen LogP contribution in [0.25, 0.3) is 0 Å². The van der Waals surface area contributed by atoms with Crippen molar-refractivity contribution in [3.63, 3.8) is 0 Å². The first-order chi connectivity index (χ1) is 15.1. The van der Waals surface area contributed by atoms with Crippen molar-refractivity contribution in [1.29, 1.82) is 0 Å². The molecule has 0 saturated heterocycles. The maximum Gasteiger partial charge on any atom is 0.153 e. The second-order valence-electron chi connectivity index (χ2n) is 7.41. The van der Waals surface area contributed by atoms with Crippen LogP contribution in [-0.4, -0.2) is 5.16 Å². The molecule has 1 aliphatic rings. The Morgan fingerprint density at radius 3 is 1.65 bits per heavy atom. The fourth-order valence-corrected chi connectivity index (χ4v) is 3.19. The van der Waals surface area contributed by atoms with E-state index in [4.69, 9.17) is 0 Å². The number of thiocarbonyl (C=S) groups is 1. The highest BCUT2D eigenvalue weighted by Gasteiger charge is 2.21. The number of halogens is 2. The Hall–Kier alpha value is -3.56. The van der Waals surface area contributed by atoms with Gasteiger partial charge >= 0.3 is 0 Å². The fraction of sp³-hybridized carbons (Fsp3) is 0.148. The quantitative estimate of drug-likeness (QED) is 0.267. The molecule has 0 amide bonds. The van der Waals surface area contributed by atoms with Crippen LogP contribution in [0, 0.1) is 41.2 Å². The van der Waals surface area contributed by atoms with Crippen molar-refractivity contribution < 1.29 is 8.78 Å². The van der Waals surface area contributed by atoms with Gasteiger partial charge in [0.05, 0.1) is 5.16 Å². The molecule has 31 heavy (non-hydrogen) atoms. The summed E-state index contributed by atoms with van der Waals surface area (Å²) in [6.45, 7) is 0. The van der Waals surface area contributed by atoms with Gasteiger partial charge in [0.1, 0.15) is 5.69 Å². The van der Waals surface area contributed by atoms with Gasteiger partial charge in [-0.1, -0.05) is 35.8 Å². The lowest BCUT2D eigenvalue weighted by molar-refractivity contribution is 0.587. The zero-order valence-corrected chi connectivity index (χ0v) is 17.4. The lowest BCUT2D eigenvalue weighted by atomic mass is 10.1. The molecule has 0 N–H and O–H groups in total. The molecule has 0 bridgehead atoms. The summed E-state index contributed by atoms with van der Waals surface area (Å²) in [4.78, 5) is 3.39. The first-order valence-corrected chi connectivity index (χ1v) is 10.3. The van der Waals surface area contributed by atoms with Crippen LogP contribution in [-0.2, 0) is 6.42 Å². The summed E-state index contributed by atoms with van der Waals surface area (Å²) in [7, 11) is 0. The van der Waals surface area contributed by atoms with Gasteiger partial charge in [0.2, 0.25) is 0 Å². The molecule has 0 heterocycles. The molecular formula is C27H17F2NS. The first-order valence-electron chi connectivity index (χ1n) is 9.91. The predicted octanol–water partition coefficient (Wildman–Crippen LogP) is 6.45. The minimum atomic E-state index is -0.826. The van der Waals surface area contributed by atoms with E-state index >= 15 is 0 Å². The predicted molar refractivity (Wildman–Crippen MR) is 122 cm³/mol. The summed E-state index contributed by atoms with van der Waals surface area (Å²) in [5, 5.41) is 1.96. The van der Waals surface area contributed by atoms with E-state index in [1.165, 1.54) is 24.8 Å². The molecule has 4 rings (SSSR count). The lowest BCUT2D eigenvalue weighted by Crippen LogP contribution is -1.87. The standard InChI is InChI=1S/C27H17F2NS/c28-25-16-24(17-26(29)27(25)30-18-31)14-9-20-4-1-19(2-5-20)3-6-21-7-10-22(11-8-21)15-23-12-13-23/h1-2,4-5,7-8,10-11,16-17,23H,12-13,15H2. The Balaban J connectivity index is 1.44. The number of aliphatic imine (C=N–C) groups is 1. The molecular weight excluding hydrogens is 408 g/mol. The molecule has 0 unspecified atom stereocenters. The molecule has 1 fully saturated rings. The van der Waals surface area contributed by atoms with E-state index in [0.29, 0.717) is 0 Å². The van der Waals surface area contributed by atoms with E-state index < -0.39 is 17.3 Å². The van der Waals surface area contributed by atoms with Gasteiger partial charge < -0.3 is 0 Å². The molecule has 0 radical (unpaired) electrons. The van der Waals surface area contributed by atoms with Crippen molar-refractivity contribution in [2.24, 2.45) is 10.9 Å². The van der Waals surface area contributed by atoms with Crippen LogP contribution >= 0.6 is 12.2 Å². The highest BCUT2D eigenvalue weighted by molar-refractivity contribution is 7.78. The van der Waals surface area contributed by atoms with Gasteiger partial charge in [-0.05, 0) is 91.5 Å². The summed E-state index contributed by atoms with van der Waals surface area (Å²) in [5.41, 5.74) is 3.70. The van der Waals surface area contributed by atoms with Gasteiger partial charge in [-0.25, -0.2) is 8.78 Å². The fourth-order valence-electron chi connectivity index (χ4n) is 3.10. The van der Waals surface area contributed by atoms with Crippen LogP contribution in [0.2, 0.25) is 0 Å². The van der Waals surface area contributed by atoms with Gasteiger partial charge in [0.15, 0.2) is 11.6 Å². The Bertz CT molecular complexity index is 1250. The average Bonchev–Trinajstić information content (AvgIpc) is 3.59. The molecule has 1 nitrogen and oxygen atoms in total. The van der Waals surface area contributed by atoms with E-state index in [2.05, 4.69) is 65.2 Å². The normalized spacial score (nSPS) is 12.1. The van der Waals surface area contributed by atoms with Crippen molar-refractivity contribution >= 4 is 23.1 Å². The highest BCUT2D eigenvalue weighted by Crippen LogP contribution is 2.32. The summed E-state index contributed by atoms with van der Waals surface area (Å²) in [6, 6.07) is 18.1. The van der Waals surface area contributed by atoms with Crippen molar-refractivity contribution in [3.8, 4) is 23.7 Å². The van der Waals surface area contributed by atoms with Crippen LogP contribution in [0.4, 0.5) is 14.5 Å². The smallest absolute Gasteiger partial charge is 0.153 e. The van der Waals surface area contributed by atoms with Crippen LogP contribution in [0.3, 0.4) is 0 Å². The highest BCUT2D eigenvalue weighted by atomic mass is 32.1. The van der Waals surface area contributed by atoms with Crippen LogP contribution in [0.5, 0.6) is 0 Å². The molecule has 4 heteroatoms. The monoisotopic (exact) mass is 425 g/mol. The summed E-state index contributed by atoms with van der Waals surface area (Å²) >= 11 is 4.39. The first kappa shape index (κ1) is 20.7. The van der Waals surface area contributed by atoms with Gasteiger partial charge in [0, 0.05) is 22.3 Å². The Morgan fingerprint density at radius 1 is 0.742 bits per heavy atom. The minimum Gasteiger partial charge on any atom is -0.204 e. The largest absolute Gasteiger partial charge is 0.204 e. The third-order valence-corrected chi connectivity index (χ3v) is 5.03. The van der Waals surface area contributed by atoms with Gasteiger partial charge in [-0.2, -0.15) is 4.99 Å². The van der Waals surface area contributed by atoms with E-state index in [0.717, 1.165) is 34.7 Å². The van der Waals surface area contributed by atoms with Gasteiger partial charge in [-0.3, -0.25) is 0 Å². The summed E-state index contributed by atoms with van der Waals surface area (Å²) in [6.07, 6.45) is 3.87. The molecule has 0 spiro atoms. The molecule has 0 aliphatic heterocycles.